The number of likely N-dealkylation sites (tertiary alicyclic amines) is 1. The first-order valence-electron chi connectivity index (χ1n) is 13.6. The highest BCUT2D eigenvalue weighted by molar-refractivity contribution is 6.33. The Balaban J connectivity index is 1.21. The zero-order valence-electron chi connectivity index (χ0n) is 22.4. The first-order valence-corrected chi connectivity index (χ1v) is 13.9. The lowest BCUT2D eigenvalue weighted by molar-refractivity contribution is -0.141. The molecule has 3 aromatic rings. The molecule has 2 amide bonds. The second-order valence-corrected chi connectivity index (χ2v) is 11.6. The number of anilines is 1. The van der Waals surface area contributed by atoms with Gasteiger partial charge in [0.05, 0.1) is 54.8 Å². The molecule has 2 N–H and O–H groups in total. The van der Waals surface area contributed by atoms with Gasteiger partial charge in [0.2, 0.25) is 11.8 Å². The number of nitrogens with zero attached hydrogens (tertiary/aromatic N) is 5. The topological polar surface area (TPSA) is 106 Å². The van der Waals surface area contributed by atoms with E-state index >= 15 is 0 Å². The quantitative estimate of drug-likeness (QED) is 0.487. The Hall–Kier alpha value is -3.21. The highest BCUT2D eigenvalue weighted by Crippen LogP contribution is 2.33. The highest BCUT2D eigenvalue weighted by Gasteiger charge is 2.39. The third kappa shape index (κ3) is 5.33. The number of aromatic amines is 1. The number of carbonyl (C=O) groups excluding carboxylic acids is 2. The number of rotatable bonds is 6. The van der Waals surface area contributed by atoms with Gasteiger partial charge in [0.1, 0.15) is 11.9 Å². The lowest BCUT2D eigenvalue weighted by Gasteiger charge is -2.43. The van der Waals surface area contributed by atoms with Crippen molar-refractivity contribution in [1.29, 1.82) is 0 Å². The predicted octanol–water partition coefficient (Wildman–Crippen LogP) is 3.12. The predicted molar refractivity (Wildman–Crippen MR) is 152 cm³/mol. The molecule has 0 radical (unpaired) electrons. The third-order valence-corrected chi connectivity index (χ3v) is 8.07. The molecule has 2 fully saturated rings. The molecule has 3 aliphatic rings. The van der Waals surface area contributed by atoms with Gasteiger partial charge in [-0.2, -0.15) is 0 Å². The molecule has 11 heteroatoms. The number of H-pyrrole nitrogens is 1. The monoisotopic (exact) mass is 551 g/mol. The van der Waals surface area contributed by atoms with Crippen LogP contribution in [-0.4, -0.2) is 106 Å². The molecule has 0 spiro atoms. The van der Waals surface area contributed by atoms with Crippen LogP contribution in [0.15, 0.2) is 35.6 Å². The van der Waals surface area contributed by atoms with Crippen LogP contribution in [0.3, 0.4) is 0 Å². The van der Waals surface area contributed by atoms with Crippen molar-refractivity contribution in [1.82, 2.24) is 24.7 Å². The van der Waals surface area contributed by atoms with Gasteiger partial charge in [-0.25, -0.2) is 0 Å². The van der Waals surface area contributed by atoms with Gasteiger partial charge in [-0.3, -0.25) is 24.5 Å². The zero-order chi connectivity index (χ0) is 27.1. The fourth-order valence-electron chi connectivity index (χ4n) is 5.86. The summed E-state index contributed by atoms with van der Waals surface area (Å²) in [6.07, 6.45) is 5.64. The van der Waals surface area contributed by atoms with E-state index in [9.17, 15) is 9.59 Å². The van der Waals surface area contributed by atoms with E-state index in [0.29, 0.717) is 36.9 Å². The summed E-state index contributed by atoms with van der Waals surface area (Å²) in [6, 6.07) is 5.05. The van der Waals surface area contributed by atoms with Crippen molar-refractivity contribution in [3.63, 3.8) is 0 Å². The minimum atomic E-state index is -0.530. The number of nitrogens with one attached hydrogen (secondary N) is 2. The summed E-state index contributed by atoms with van der Waals surface area (Å²) in [7, 11) is 0. The number of amidine groups is 1. The fraction of sp³-hybridized carbons (Fsp3) is 0.500. The van der Waals surface area contributed by atoms with E-state index in [-0.39, 0.29) is 18.4 Å². The molecule has 5 heterocycles. The van der Waals surface area contributed by atoms with Gasteiger partial charge in [-0.1, -0.05) is 11.6 Å². The second-order valence-electron chi connectivity index (χ2n) is 11.2. The summed E-state index contributed by atoms with van der Waals surface area (Å²) in [5, 5.41) is 5.56. The number of fused-ring (bicyclic) bond motifs is 3. The summed E-state index contributed by atoms with van der Waals surface area (Å²) in [4.78, 5) is 45.0. The Kier molecular flexibility index (Phi) is 6.95. The molecule has 0 aliphatic carbocycles. The number of benzene rings is 1. The summed E-state index contributed by atoms with van der Waals surface area (Å²) >= 11 is 6.47. The normalized spacial score (nSPS) is 21.6. The van der Waals surface area contributed by atoms with Crippen LogP contribution in [-0.2, 0) is 14.3 Å². The lowest BCUT2D eigenvalue weighted by Crippen LogP contribution is -2.60. The van der Waals surface area contributed by atoms with E-state index < -0.39 is 11.6 Å². The van der Waals surface area contributed by atoms with Crippen molar-refractivity contribution in [3.05, 3.63) is 35.6 Å². The van der Waals surface area contributed by atoms with Gasteiger partial charge in [-0.05, 0) is 44.9 Å². The van der Waals surface area contributed by atoms with E-state index in [0.717, 1.165) is 60.1 Å². The maximum absolute atomic E-state index is 13.7. The first-order chi connectivity index (χ1) is 18.8. The van der Waals surface area contributed by atoms with Crippen molar-refractivity contribution in [3.8, 4) is 0 Å². The number of amides is 2. The summed E-state index contributed by atoms with van der Waals surface area (Å²) in [5.41, 5.74) is 1.86. The minimum absolute atomic E-state index is 0.150. The van der Waals surface area contributed by atoms with Gasteiger partial charge in [0.15, 0.2) is 0 Å². The Labute approximate surface area is 232 Å². The SMILES string of the molecule is CC1(C)CN(CC2=NCCN2CC(=O)N2CCCC2)[C@H](C(=O)Nc2cc(Cl)cc3c2[nH]c2cnccc23)CO1. The molecule has 2 saturated heterocycles. The van der Waals surface area contributed by atoms with Crippen molar-refractivity contribution in [2.24, 2.45) is 4.99 Å². The van der Waals surface area contributed by atoms with Gasteiger partial charge in [0, 0.05) is 48.2 Å². The van der Waals surface area contributed by atoms with Crippen LogP contribution >= 0.6 is 11.6 Å². The molecule has 0 saturated carbocycles. The van der Waals surface area contributed by atoms with Crippen molar-refractivity contribution in [2.75, 3.05) is 57.7 Å². The molecule has 0 unspecified atom stereocenters. The van der Waals surface area contributed by atoms with Crippen molar-refractivity contribution < 1.29 is 14.3 Å². The average molecular weight is 552 g/mol. The van der Waals surface area contributed by atoms with E-state index in [2.05, 4.69) is 25.1 Å². The third-order valence-electron chi connectivity index (χ3n) is 7.85. The van der Waals surface area contributed by atoms with Crippen LogP contribution in [0.4, 0.5) is 5.69 Å². The van der Waals surface area contributed by atoms with Gasteiger partial charge in [-0.15, -0.1) is 0 Å². The van der Waals surface area contributed by atoms with Crippen molar-refractivity contribution in [2.45, 2.75) is 38.3 Å². The highest BCUT2D eigenvalue weighted by atomic mass is 35.5. The molecule has 39 heavy (non-hydrogen) atoms. The second kappa shape index (κ2) is 10.4. The molecular formula is C28H34ClN7O3. The number of halogens is 1. The Morgan fingerprint density at radius 3 is 2.85 bits per heavy atom. The number of carbonyl (C=O) groups is 2. The number of aromatic nitrogens is 2. The molecule has 1 aromatic carbocycles. The maximum atomic E-state index is 13.7. The molecular weight excluding hydrogens is 518 g/mol. The van der Waals surface area contributed by atoms with E-state index in [1.54, 1.807) is 18.5 Å². The van der Waals surface area contributed by atoms with Gasteiger partial charge in [0.25, 0.3) is 0 Å². The average Bonchev–Trinajstić information content (AvgIpc) is 3.65. The zero-order valence-corrected chi connectivity index (χ0v) is 23.1. The first kappa shape index (κ1) is 26.0. The molecule has 2 aromatic heterocycles. The number of morpholine rings is 1. The number of hydrogen-bond donors (Lipinski definition) is 2. The van der Waals surface area contributed by atoms with Crippen molar-refractivity contribution >= 4 is 56.7 Å². The number of aliphatic imine (C=N–C) groups is 1. The molecule has 6 rings (SSSR count). The Bertz CT molecular complexity index is 1450. The lowest BCUT2D eigenvalue weighted by atomic mass is 10.0. The van der Waals surface area contributed by atoms with Gasteiger partial charge >= 0.3 is 0 Å². The van der Waals surface area contributed by atoms with E-state index in [1.165, 1.54) is 0 Å². The van der Waals surface area contributed by atoms with Crippen LogP contribution in [0.5, 0.6) is 0 Å². The molecule has 206 valence electrons. The number of ether oxygens (including phenoxy) is 1. The van der Waals surface area contributed by atoms with Gasteiger partial charge < -0.3 is 24.8 Å². The fourth-order valence-corrected chi connectivity index (χ4v) is 6.07. The van der Waals surface area contributed by atoms with Crippen LogP contribution in [0.2, 0.25) is 5.02 Å². The minimum Gasteiger partial charge on any atom is -0.372 e. The largest absolute Gasteiger partial charge is 0.372 e. The van der Waals surface area contributed by atoms with Crippen LogP contribution in [0, 0.1) is 0 Å². The number of pyridine rings is 1. The molecule has 3 aliphatic heterocycles. The molecule has 1 atom stereocenters. The molecule has 0 bridgehead atoms. The maximum Gasteiger partial charge on any atom is 0.244 e. The van der Waals surface area contributed by atoms with Crippen LogP contribution < -0.4 is 5.32 Å². The summed E-state index contributed by atoms with van der Waals surface area (Å²) < 4.78 is 6.09. The standard InChI is InChI=1S/C28H34ClN7O3/c1-28(2)17-36(14-24-31-7-10-35(24)15-25(37)34-8-3-4-9-34)23(16-39-28)27(38)33-21-12-18(29)11-20-19-5-6-30-13-22(19)32-26(20)21/h5-6,11-13,23,32H,3-4,7-10,14-17H2,1-2H3,(H,33,38)/t23-/m0/s1. The molecule has 10 nitrogen and oxygen atoms in total. The van der Waals surface area contributed by atoms with E-state index in [4.69, 9.17) is 21.3 Å². The Morgan fingerprint density at radius 2 is 2.03 bits per heavy atom. The summed E-state index contributed by atoms with van der Waals surface area (Å²) in [6.45, 7) is 8.71. The van der Waals surface area contributed by atoms with Crippen LogP contribution in [0.1, 0.15) is 26.7 Å². The summed E-state index contributed by atoms with van der Waals surface area (Å²) in [5.74, 6) is 0.827. The number of hydrogen-bond acceptors (Lipinski definition) is 7. The Morgan fingerprint density at radius 1 is 1.21 bits per heavy atom. The smallest absolute Gasteiger partial charge is 0.244 e. The van der Waals surface area contributed by atoms with Crippen LogP contribution in [0.25, 0.3) is 21.8 Å². The van der Waals surface area contributed by atoms with E-state index in [1.807, 2.05) is 30.9 Å².